The van der Waals surface area contributed by atoms with Crippen LogP contribution in [-0.4, -0.2) is 109 Å². The second-order valence-corrected chi connectivity index (χ2v) is 36.4. The normalized spacial score (nSPS) is 19.1. The second kappa shape index (κ2) is 37.5. The summed E-state index contributed by atoms with van der Waals surface area (Å²) < 4.78 is 15.7. The minimum atomic E-state index is -0.258. The number of halogens is 5. The SMILES string of the molecule is CC(C(=O)Nc1nc2ccc(Cl)nc2n1C1CCC1)c1ccccc1.CC(C)C(=O)Nc1nc2ccc(Cl)nc2n1C1CCC1.CC1(C)[C@H]2CC[C@@H](CC(=O)Nc3nc4ccc(Cl)nc4n3C3CCC3)[C@@H]1C2.O=C(CC1CCCCC1)Nc1nc2ccc(Cl)nc2n1C1CCC1.O=C(COc1ccccc1)Nc1nc2ccc(Cl)nc2n1C1CCC1. The van der Waals surface area contributed by atoms with Crippen molar-refractivity contribution in [2.24, 2.45) is 35.0 Å². The highest BCUT2D eigenvalue weighted by Gasteiger charge is 2.54. The monoisotopic (exact) mass is 1730 g/mol. The predicted octanol–water partition coefficient (Wildman–Crippen LogP) is 21.7. The van der Waals surface area contributed by atoms with E-state index in [2.05, 4.69) is 99.4 Å². The number of aromatic nitrogens is 15. The number of carbonyl (C=O) groups excluding carboxylic acids is 5. The molecule has 12 aromatic rings. The van der Waals surface area contributed by atoms with Crippen LogP contribution in [0.15, 0.2) is 121 Å². The molecule has 4 atom stereocenters. The number of imidazole rings is 5. The van der Waals surface area contributed by atoms with Crippen LogP contribution in [0.4, 0.5) is 29.7 Å². The number of benzene rings is 2. The van der Waals surface area contributed by atoms with Gasteiger partial charge in [0.15, 0.2) is 34.8 Å². The Kier molecular flexibility index (Phi) is 26.2. The number of para-hydroxylation sites is 1. The summed E-state index contributed by atoms with van der Waals surface area (Å²) in [4.78, 5) is 107. The van der Waals surface area contributed by atoms with E-state index in [4.69, 9.17) is 62.7 Å². The van der Waals surface area contributed by atoms with Gasteiger partial charge in [0.2, 0.25) is 53.4 Å². The average Bonchev–Trinajstić information content (AvgIpc) is 1.70. The summed E-state index contributed by atoms with van der Waals surface area (Å²) in [7, 11) is 0. The van der Waals surface area contributed by atoms with Crippen molar-refractivity contribution in [3.8, 4) is 5.75 Å². The first-order chi connectivity index (χ1) is 58.5. The number of carbonyl (C=O) groups is 5. The number of fused-ring (bicyclic) bond motifs is 7. The number of rotatable bonds is 20. The van der Waals surface area contributed by atoms with Gasteiger partial charge >= 0.3 is 0 Å². The van der Waals surface area contributed by atoms with Crippen LogP contribution >= 0.6 is 58.0 Å². The smallest absolute Gasteiger partial charge is 0.264 e. The van der Waals surface area contributed by atoms with Crippen LogP contribution in [0.3, 0.4) is 0 Å². The van der Waals surface area contributed by atoms with Crippen LogP contribution in [0.1, 0.15) is 237 Å². The molecule has 0 saturated heterocycles. The van der Waals surface area contributed by atoms with Gasteiger partial charge in [0, 0.05) is 49.0 Å². The van der Waals surface area contributed by atoms with Gasteiger partial charge in [-0.1, -0.05) is 153 Å². The zero-order valence-electron chi connectivity index (χ0n) is 68.8. The standard InChI is InChI=1S/C21H27ClN4O.C19H19ClN4O.C18H17ClN4O2.C18H23ClN4O.C14H17ClN4O/c1-21(2)13-7-6-12(15(21)11-13)10-18(27)25-20-23-16-8-9-17(22)24-19(16)26(20)14-4-3-5-14;1-12(13-6-3-2-4-7-13)18(25)23-19-21-15-10-11-16(20)22-17(15)24(19)14-8-5-9-14;19-15-10-9-14-17(21-15)23(12-5-4-6-12)18(20-14)22-16(24)11-25-13-7-2-1-3-8-13;19-15-10-9-14-17(21-15)23(13-7-4-8-13)18(20-14)22-16(24)11-12-5-2-1-3-6-12;1-8(2)13(20)18-14-16-10-6-7-11(15)17-12(10)19(14)9-4-3-5-9/h8-9,12-15H,3-7,10-11H2,1-2H3,(H,23,25,27);2-4,6-7,10-12,14H,5,8-9H2,1H3,(H,21,23,25);1-3,7-10,12H,4-6,11H2,(H,20,22,24);9-10,12-13H,1-8,11H2,(H,20,22,24);6-9H,3-5H2,1-2H3,(H,16,18,20)/t12-,13-,15-;;;;/m0..../s1. The van der Waals surface area contributed by atoms with Gasteiger partial charge in [0.05, 0.1) is 5.92 Å². The molecule has 9 aliphatic carbocycles. The van der Waals surface area contributed by atoms with E-state index in [9.17, 15) is 24.0 Å². The first kappa shape index (κ1) is 84.7. The number of nitrogens with one attached hydrogen (secondary N) is 5. The summed E-state index contributed by atoms with van der Waals surface area (Å²) in [5.41, 5.74) is 8.95. The van der Waals surface area contributed by atoms with Crippen LogP contribution in [-0.2, 0) is 24.0 Å². The van der Waals surface area contributed by atoms with E-state index in [0.29, 0.717) is 133 Å². The van der Waals surface area contributed by atoms with Crippen molar-refractivity contribution in [3.05, 3.63) is 153 Å². The van der Waals surface area contributed by atoms with E-state index >= 15 is 0 Å². The second-order valence-electron chi connectivity index (χ2n) is 34.5. The van der Waals surface area contributed by atoms with Crippen molar-refractivity contribution in [1.82, 2.24) is 72.7 Å². The maximum atomic E-state index is 12.9. The van der Waals surface area contributed by atoms with Crippen LogP contribution in [0.2, 0.25) is 25.8 Å². The van der Waals surface area contributed by atoms with Crippen molar-refractivity contribution >= 4 is 173 Å². The Labute approximate surface area is 727 Å². The van der Waals surface area contributed by atoms with Gasteiger partial charge in [0.25, 0.3) is 5.91 Å². The molecule has 10 heterocycles. The van der Waals surface area contributed by atoms with Crippen molar-refractivity contribution in [1.29, 1.82) is 0 Å². The van der Waals surface area contributed by atoms with Crippen molar-refractivity contribution in [2.45, 2.75) is 231 Å². The number of ether oxygens (including phenoxy) is 1. The fraction of sp³-hybridized carbons (Fsp3) is 0.478. The lowest BCUT2D eigenvalue weighted by molar-refractivity contribution is -0.129. The van der Waals surface area contributed by atoms with Gasteiger partial charge < -0.3 is 4.74 Å². The number of amides is 5. The average molecular weight is 1740 g/mol. The molecule has 121 heavy (non-hydrogen) atoms. The molecular formula is C90H103Cl5N20O6. The lowest BCUT2D eigenvalue weighted by Gasteiger charge is -2.60. The van der Waals surface area contributed by atoms with Gasteiger partial charge in [-0.05, 0) is 243 Å². The van der Waals surface area contributed by atoms with Crippen LogP contribution in [0.5, 0.6) is 5.75 Å². The Bertz CT molecular complexity index is 5740. The third kappa shape index (κ3) is 19.2. The highest BCUT2D eigenvalue weighted by molar-refractivity contribution is 6.31. The Morgan fingerprint density at radius 3 is 1.06 bits per heavy atom. The molecule has 21 rings (SSSR count). The van der Waals surface area contributed by atoms with E-state index in [1.807, 2.05) is 125 Å². The fourth-order valence-electron chi connectivity index (χ4n) is 17.8. The highest BCUT2D eigenvalue weighted by Crippen LogP contribution is 2.62. The van der Waals surface area contributed by atoms with E-state index in [1.54, 1.807) is 30.3 Å². The Morgan fingerprint density at radius 2 is 0.719 bits per heavy atom. The van der Waals surface area contributed by atoms with Crippen LogP contribution in [0.25, 0.3) is 55.8 Å². The van der Waals surface area contributed by atoms with E-state index < -0.39 is 0 Å². The maximum Gasteiger partial charge on any atom is 0.264 e. The number of hydrogen-bond acceptors (Lipinski definition) is 16. The van der Waals surface area contributed by atoms with Crippen LogP contribution < -0.4 is 31.3 Å². The van der Waals surface area contributed by atoms with Gasteiger partial charge in [-0.2, -0.15) is 0 Å². The number of pyridine rings is 5. The molecule has 634 valence electrons. The minimum Gasteiger partial charge on any atom is -0.484 e. The molecule has 9 saturated carbocycles. The molecule has 0 spiro atoms. The van der Waals surface area contributed by atoms with E-state index in [1.165, 1.54) is 77.0 Å². The molecule has 26 nitrogen and oxygen atoms in total. The first-order valence-corrected chi connectivity index (χ1v) is 44.9. The van der Waals surface area contributed by atoms with Gasteiger partial charge in [-0.15, -0.1) is 0 Å². The summed E-state index contributed by atoms with van der Waals surface area (Å²) in [5.74, 6) is 5.57. The van der Waals surface area contributed by atoms with Crippen LogP contribution in [0, 0.1) is 35.0 Å². The molecule has 0 aliphatic heterocycles. The molecule has 9 fully saturated rings. The topological polar surface area (TPSA) is 308 Å². The number of nitrogens with zero attached hydrogens (tertiary/aromatic N) is 15. The molecule has 0 radical (unpaired) electrons. The van der Waals surface area contributed by atoms with Gasteiger partial charge in [0.1, 0.15) is 59.1 Å². The lowest BCUT2D eigenvalue weighted by atomic mass is 9.45. The predicted molar refractivity (Wildman–Crippen MR) is 476 cm³/mol. The fourth-order valence-corrected chi connectivity index (χ4v) is 18.5. The molecule has 31 heteroatoms. The molecule has 5 amide bonds. The number of anilines is 5. The van der Waals surface area contributed by atoms with E-state index in [0.717, 1.165) is 132 Å². The maximum absolute atomic E-state index is 12.9. The molecule has 5 N–H and O–H groups in total. The highest BCUT2D eigenvalue weighted by atomic mass is 35.5. The molecular weight excluding hydrogens is 1630 g/mol. The summed E-state index contributed by atoms with van der Waals surface area (Å²) in [5, 5.41) is 17.1. The summed E-state index contributed by atoms with van der Waals surface area (Å²) in [6, 6.07) is 38.6. The van der Waals surface area contributed by atoms with Crippen molar-refractivity contribution in [2.75, 3.05) is 33.2 Å². The van der Waals surface area contributed by atoms with Crippen molar-refractivity contribution < 1.29 is 28.7 Å². The number of hydrogen-bond donors (Lipinski definition) is 5. The summed E-state index contributed by atoms with van der Waals surface area (Å²) >= 11 is 30.2. The van der Waals surface area contributed by atoms with E-state index in [-0.39, 0.29) is 48.0 Å². The lowest BCUT2D eigenvalue weighted by Crippen LogP contribution is -2.52. The molecule has 2 bridgehead atoms. The Morgan fingerprint density at radius 1 is 0.380 bits per heavy atom. The van der Waals surface area contributed by atoms with Crippen molar-refractivity contribution in [3.63, 3.8) is 0 Å². The first-order valence-electron chi connectivity index (χ1n) is 43.0. The molecule has 1 unspecified atom stereocenters. The molecule has 10 aromatic heterocycles. The Hall–Kier alpha value is -9.86. The molecule has 9 aliphatic rings. The minimum absolute atomic E-state index is 0.0352. The Balaban J connectivity index is 0.000000113. The third-order valence-corrected chi connectivity index (χ3v) is 27.0. The molecule has 2 aromatic carbocycles. The van der Waals surface area contributed by atoms with Gasteiger partial charge in [-0.3, -0.25) is 73.4 Å². The zero-order valence-corrected chi connectivity index (χ0v) is 72.6. The third-order valence-electron chi connectivity index (χ3n) is 25.9. The summed E-state index contributed by atoms with van der Waals surface area (Å²) in [6.07, 6.45) is 27.9. The largest absolute Gasteiger partial charge is 0.484 e. The zero-order chi connectivity index (χ0) is 84.2. The van der Waals surface area contributed by atoms with Gasteiger partial charge in [-0.25, -0.2) is 49.8 Å². The summed E-state index contributed by atoms with van der Waals surface area (Å²) in [6.45, 7) is 10.3. The quantitative estimate of drug-likeness (QED) is 0.0443.